The zero-order chi connectivity index (χ0) is 14.1. The lowest BCUT2D eigenvalue weighted by Crippen LogP contribution is -2.35. The van der Waals surface area contributed by atoms with Crippen LogP contribution in [-0.4, -0.2) is 28.5 Å². The molecule has 1 aromatic carbocycles. The summed E-state index contributed by atoms with van der Waals surface area (Å²) >= 11 is 0. The van der Waals surface area contributed by atoms with Crippen LogP contribution in [0.25, 0.3) is 10.9 Å². The number of benzene rings is 1. The number of nitrogens with zero attached hydrogens (tertiary/aromatic N) is 2. The van der Waals surface area contributed by atoms with Gasteiger partial charge >= 0.3 is 0 Å². The molecule has 2 heterocycles. The molecule has 1 aliphatic heterocycles. The highest BCUT2D eigenvalue weighted by molar-refractivity contribution is 5.82. The molecule has 0 N–H and O–H groups in total. The molecule has 20 heavy (non-hydrogen) atoms. The quantitative estimate of drug-likeness (QED) is 0.837. The Bertz CT molecular complexity index is 712. The predicted molar refractivity (Wildman–Crippen MR) is 78.8 cm³/mol. The Hall–Kier alpha value is -2.10. The first kappa shape index (κ1) is 12.9. The number of likely N-dealkylation sites (tertiary alicyclic amines) is 1. The molecule has 1 saturated heterocycles. The maximum Gasteiger partial charge on any atom is 0.254 e. The number of hydrogen-bond donors (Lipinski definition) is 0. The van der Waals surface area contributed by atoms with Gasteiger partial charge in [-0.1, -0.05) is 18.2 Å². The normalized spacial score (nSPS) is 14.9. The van der Waals surface area contributed by atoms with Crippen molar-refractivity contribution in [3.8, 4) is 0 Å². The van der Waals surface area contributed by atoms with Crippen molar-refractivity contribution in [3.05, 3.63) is 46.2 Å². The molecule has 0 atom stereocenters. The minimum Gasteiger partial charge on any atom is -0.341 e. The van der Waals surface area contributed by atoms with Crippen molar-refractivity contribution in [2.45, 2.75) is 26.3 Å². The fourth-order valence-corrected chi connectivity index (χ4v) is 2.83. The summed E-state index contributed by atoms with van der Waals surface area (Å²) in [5.74, 6) is 0.0420. The molecule has 0 bridgehead atoms. The van der Waals surface area contributed by atoms with Crippen LogP contribution in [0.2, 0.25) is 0 Å². The molecule has 0 radical (unpaired) electrons. The van der Waals surface area contributed by atoms with Crippen LogP contribution in [-0.2, 0) is 11.3 Å². The third kappa shape index (κ3) is 2.22. The van der Waals surface area contributed by atoms with E-state index in [1.807, 2.05) is 35.2 Å². The number of amides is 1. The largest absolute Gasteiger partial charge is 0.341 e. The molecule has 4 nitrogen and oxygen atoms in total. The number of para-hydroxylation sites is 1. The van der Waals surface area contributed by atoms with Crippen molar-refractivity contribution in [2.24, 2.45) is 0 Å². The lowest BCUT2D eigenvalue weighted by Gasteiger charge is -2.17. The van der Waals surface area contributed by atoms with Crippen LogP contribution in [0.4, 0.5) is 0 Å². The van der Waals surface area contributed by atoms with Gasteiger partial charge in [-0.15, -0.1) is 0 Å². The van der Waals surface area contributed by atoms with Gasteiger partial charge in [0.25, 0.3) is 5.56 Å². The highest BCUT2D eigenvalue weighted by atomic mass is 16.2. The van der Waals surface area contributed by atoms with Gasteiger partial charge in [-0.05, 0) is 37.3 Å². The van der Waals surface area contributed by atoms with Crippen LogP contribution in [0.15, 0.2) is 35.1 Å². The van der Waals surface area contributed by atoms with Crippen molar-refractivity contribution in [1.29, 1.82) is 0 Å². The molecule has 1 fully saturated rings. The van der Waals surface area contributed by atoms with E-state index < -0.39 is 0 Å². The van der Waals surface area contributed by atoms with E-state index in [0.29, 0.717) is 5.56 Å². The molecular weight excluding hydrogens is 252 g/mol. The number of carbonyl (C=O) groups excluding carboxylic acids is 1. The predicted octanol–water partition coefficient (Wildman–Crippen LogP) is 1.93. The zero-order valence-electron chi connectivity index (χ0n) is 11.6. The van der Waals surface area contributed by atoms with Crippen LogP contribution in [0.5, 0.6) is 0 Å². The number of carbonyl (C=O) groups is 1. The summed E-state index contributed by atoms with van der Waals surface area (Å²) in [5.41, 5.74) is 1.44. The van der Waals surface area contributed by atoms with Crippen molar-refractivity contribution >= 4 is 16.8 Å². The minimum atomic E-state index is -0.0729. The number of hydrogen-bond acceptors (Lipinski definition) is 2. The van der Waals surface area contributed by atoms with Gasteiger partial charge in [0.05, 0.1) is 5.52 Å². The maximum absolute atomic E-state index is 12.3. The van der Waals surface area contributed by atoms with Gasteiger partial charge in [0.15, 0.2) is 0 Å². The highest BCUT2D eigenvalue weighted by Crippen LogP contribution is 2.14. The van der Waals surface area contributed by atoms with Gasteiger partial charge < -0.3 is 4.90 Å². The van der Waals surface area contributed by atoms with E-state index in [1.165, 1.54) is 0 Å². The van der Waals surface area contributed by atoms with Gasteiger partial charge in [-0.25, -0.2) is 0 Å². The molecule has 2 aromatic rings. The Morgan fingerprint density at radius 1 is 1.20 bits per heavy atom. The van der Waals surface area contributed by atoms with E-state index in [2.05, 4.69) is 0 Å². The number of rotatable bonds is 2. The Morgan fingerprint density at radius 3 is 2.65 bits per heavy atom. The summed E-state index contributed by atoms with van der Waals surface area (Å²) in [4.78, 5) is 26.5. The van der Waals surface area contributed by atoms with E-state index in [-0.39, 0.29) is 18.0 Å². The fourth-order valence-electron chi connectivity index (χ4n) is 2.83. The molecule has 1 aliphatic rings. The second kappa shape index (κ2) is 5.12. The van der Waals surface area contributed by atoms with Crippen molar-refractivity contribution in [3.63, 3.8) is 0 Å². The van der Waals surface area contributed by atoms with Crippen LogP contribution in [0.3, 0.4) is 0 Å². The molecule has 0 saturated carbocycles. The Balaban J connectivity index is 2.03. The molecule has 0 aliphatic carbocycles. The number of pyridine rings is 1. The summed E-state index contributed by atoms with van der Waals surface area (Å²) in [5, 5.41) is 0.999. The first-order valence-corrected chi connectivity index (χ1v) is 7.04. The smallest absolute Gasteiger partial charge is 0.254 e. The Labute approximate surface area is 117 Å². The topological polar surface area (TPSA) is 42.3 Å². The van der Waals surface area contributed by atoms with Crippen LogP contribution < -0.4 is 5.56 Å². The van der Waals surface area contributed by atoms with Crippen LogP contribution in [0, 0.1) is 6.92 Å². The summed E-state index contributed by atoms with van der Waals surface area (Å²) in [6, 6.07) is 9.59. The van der Waals surface area contributed by atoms with E-state index >= 15 is 0 Å². The summed E-state index contributed by atoms with van der Waals surface area (Å²) in [6.45, 7) is 3.57. The third-order valence-corrected chi connectivity index (χ3v) is 3.93. The molecule has 104 valence electrons. The second-order valence-electron chi connectivity index (χ2n) is 5.37. The van der Waals surface area contributed by atoms with Crippen molar-refractivity contribution < 1.29 is 4.79 Å². The molecule has 0 spiro atoms. The maximum atomic E-state index is 12.3. The van der Waals surface area contributed by atoms with Gasteiger partial charge in [0.2, 0.25) is 5.91 Å². The SMILES string of the molecule is Cc1cc2ccccc2n(CC(=O)N2CCCC2)c1=O. The Morgan fingerprint density at radius 2 is 1.90 bits per heavy atom. The number of fused-ring (bicyclic) bond motifs is 1. The minimum absolute atomic E-state index is 0.0420. The van der Waals surface area contributed by atoms with Gasteiger partial charge in [0.1, 0.15) is 6.54 Å². The summed E-state index contributed by atoms with van der Waals surface area (Å²) in [7, 11) is 0. The van der Waals surface area contributed by atoms with E-state index in [4.69, 9.17) is 0 Å². The van der Waals surface area contributed by atoms with Crippen LogP contribution >= 0.6 is 0 Å². The molecule has 1 amide bonds. The van der Waals surface area contributed by atoms with E-state index in [9.17, 15) is 9.59 Å². The first-order chi connectivity index (χ1) is 9.66. The number of aryl methyl sites for hydroxylation is 1. The van der Waals surface area contributed by atoms with E-state index in [0.717, 1.165) is 36.8 Å². The van der Waals surface area contributed by atoms with E-state index in [1.54, 1.807) is 11.5 Å². The molecule has 0 unspecified atom stereocenters. The highest BCUT2D eigenvalue weighted by Gasteiger charge is 2.19. The molecule has 4 heteroatoms. The first-order valence-electron chi connectivity index (χ1n) is 7.04. The van der Waals surface area contributed by atoms with Gasteiger partial charge in [-0.2, -0.15) is 0 Å². The molecule has 3 rings (SSSR count). The molecule has 1 aromatic heterocycles. The Kier molecular flexibility index (Phi) is 3.30. The lowest BCUT2D eigenvalue weighted by atomic mass is 10.1. The summed E-state index contributed by atoms with van der Waals surface area (Å²) in [6.07, 6.45) is 2.13. The summed E-state index contributed by atoms with van der Waals surface area (Å²) < 4.78 is 1.60. The monoisotopic (exact) mass is 270 g/mol. The average Bonchev–Trinajstić information content (AvgIpc) is 2.98. The van der Waals surface area contributed by atoms with Gasteiger partial charge in [0, 0.05) is 18.7 Å². The third-order valence-electron chi connectivity index (χ3n) is 3.93. The molecular formula is C16H18N2O2. The zero-order valence-corrected chi connectivity index (χ0v) is 11.6. The van der Waals surface area contributed by atoms with Crippen molar-refractivity contribution in [1.82, 2.24) is 9.47 Å². The number of aromatic nitrogens is 1. The van der Waals surface area contributed by atoms with Crippen molar-refractivity contribution in [2.75, 3.05) is 13.1 Å². The fraction of sp³-hybridized carbons (Fsp3) is 0.375. The standard InChI is InChI=1S/C16H18N2O2/c1-12-10-13-6-2-3-7-14(13)18(16(12)20)11-15(19)17-8-4-5-9-17/h2-3,6-7,10H,4-5,8-9,11H2,1H3. The average molecular weight is 270 g/mol. The lowest BCUT2D eigenvalue weighted by molar-refractivity contribution is -0.130. The second-order valence-corrected chi connectivity index (χ2v) is 5.37. The van der Waals surface area contributed by atoms with Crippen LogP contribution in [0.1, 0.15) is 18.4 Å². The van der Waals surface area contributed by atoms with Gasteiger partial charge in [-0.3, -0.25) is 14.2 Å².